The molecule has 1 rings (SSSR count). The number of ether oxygens (including phenoxy) is 1. The fraction of sp³-hybridized carbons (Fsp3) is 0.800. The van der Waals surface area contributed by atoms with Crippen LogP contribution in [0.3, 0.4) is 0 Å². The summed E-state index contributed by atoms with van der Waals surface area (Å²) in [5, 5.41) is 33.3. The highest BCUT2D eigenvalue weighted by molar-refractivity contribution is 6.24. The summed E-state index contributed by atoms with van der Waals surface area (Å²) in [5.74, 6) is -2.33. The van der Waals surface area contributed by atoms with E-state index in [4.69, 9.17) is 32.0 Å². The van der Waals surface area contributed by atoms with Gasteiger partial charge in [0.15, 0.2) is 0 Å². The van der Waals surface area contributed by atoms with E-state index in [1.54, 1.807) is 0 Å². The Labute approximate surface area is 67.8 Å². The Morgan fingerprint density at radius 2 is 2.09 bits per heavy atom. The first-order valence-corrected chi connectivity index (χ1v) is 3.25. The number of alkyl halides is 1. The van der Waals surface area contributed by atoms with Crippen LogP contribution in [0, 0.1) is 6.61 Å². The second-order valence-electron chi connectivity index (χ2n) is 2.31. The maximum atomic E-state index is 9.15. The van der Waals surface area contributed by atoms with Gasteiger partial charge in [-0.1, -0.05) is 11.6 Å². The van der Waals surface area contributed by atoms with Crippen LogP contribution in [-0.4, -0.2) is 44.0 Å². The predicted octanol–water partition coefficient (Wildman–Crippen LogP) is -1.85. The normalized spacial score (nSPS) is 51.5. The molecule has 3 atom stereocenters. The Bertz CT molecular complexity index is 158. The van der Waals surface area contributed by atoms with Gasteiger partial charge in [-0.15, -0.1) is 0 Å². The summed E-state index contributed by atoms with van der Waals surface area (Å²) >= 11 is 5.26. The molecule has 6 heteroatoms. The number of rotatable bonds is 1. The topological polar surface area (TPSA) is 90.2 Å². The van der Waals surface area contributed by atoms with Crippen LogP contribution >= 0.6 is 11.6 Å². The first-order valence-electron chi connectivity index (χ1n) is 2.88. The highest BCUT2D eigenvalue weighted by Crippen LogP contribution is 2.39. The third-order valence-corrected chi connectivity index (χ3v) is 2.06. The van der Waals surface area contributed by atoms with E-state index in [-0.39, 0.29) is 0 Å². The molecule has 1 fully saturated rings. The molecule has 1 aliphatic rings. The zero-order valence-corrected chi connectivity index (χ0v) is 6.19. The van der Waals surface area contributed by atoms with E-state index < -0.39 is 23.6 Å². The second kappa shape index (κ2) is 2.55. The van der Waals surface area contributed by atoms with E-state index >= 15 is 0 Å². The molecule has 5 nitrogen and oxygen atoms in total. The molecule has 0 amide bonds. The van der Waals surface area contributed by atoms with Crippen molar-refractivity contribution in [1.82, 2.24) is 0 Å². The molecule has 1 heterocycles. The molecule has 4 N–H and O–H groups in total. The number of aliphatic hydroxyl groups is 4. The van der Waals surface area contributed by atoms with Gasteiger partial charge in [-0.3, -0.25) is 0 Å². The van der Waals surface area contributed by atoms with Crippen molar-refractivity contribution in [3.05, 3.63) is 6.61 Å². The molecule has 65 valence electrons. The van der Waals surface area contributed by atoms with Gasteiger partial charge in [-0.05, 0) is 0 Å². The summed E-state index contributed by atoms with van der Waals surface area (Å²) in [5.41, 5.74) is 0. The van der Waals surface area contributed by atoms with E-state index in [0.717, 1.165) is 6.61 Å². The van der Waals surface area contributed by atoms with Crippen molar-refractivity contribution < 1.29 is 25.2 Å². The van der Waals surface area contributed by atoms with Crippen LogP contribution in [-0.2, 0) is 4.74 Å². The van der Waals surface area contributed by atoms with Crippen LogP contribution in [0.1, 0.15) is 0 Å². The summed E-state index contributed by atoms with van der Waals surface area (Å²) in [6.45, 7) is -0.149. The first kappa shape index (κ1) is 9.18. The summed E-state index contributed by atoms with van der Waals surface area (Å²) < 4.78 is 4.37. The lowest BCUT2D eigenvalue weighted by atomic mass is 10.1. The lowest BCUT2D eigenvalue weighted by Gasteiger charge is -2.30. The van der Waals surface area contributed by atoms with Gasteiger partial charge < -0.3 is 25.2 Å². The minimum Gasteiger partial charge on any atom is -0.391 e. The van der Waals surface area contributed by atoms with Crippen LogP contribution in [0.25, 0.3) is 0 Å². The first-order chi connectivity index (χ1) is 4.94. The number of halogens is 1. The van der Waals surface area contributed by atoms with Crippen molar-refractivity contribution in [2.75, 3.05) is 6.61 Å². The molecule has 0 aromatic carbocycles. The van der Waals surface area contributed by atoms with E-state index in [1.165, 1.54) is 0 Å². The number of hydrogen-bond acceptors (Lipinski definition) is 5. The van der Waals surface area contributed by atoms with Crippen molar-refractivity contribution in [2.24, 2.45) is 0 Å². The smallest absolute Gasteiger partial charge is 0.236 e. The maximum Gasteiger partial charge on any atom is 0.236 e. The molecule has 1 radical (unpaired) electrons. The molecule has 1 saturated heterocycles. The molecule has 0 aliphatic carbocycles. The summed E-state index contributed by atoms with van der Waals surface area (Å²) in [6, 6.07) is 0. The molecule has 0 unspecified atom stereocenters. The zero-order valence-electron chi connectivity index (χ0n) is 5.44. The lowest BCUT2D eigenvalue weighted by Crippen LogP contribution is -2.54. The molecule has 0 spiro atoms. The van der Waals surface area contributed by atoms with Crippen LogP contribution < -0.4 is 0 Å². The molecule has 1 aliphatic heterocycles. The van der Waals surface area contributed by atoms with E-state index in [2.05, 4.69) is 4.74 Å². The van der Waals surface area contributed by atoms with Gasteiger partial charge in [-0.2, -0.15) is 0 Å². The zero-order chi connectivity index (χ0) is 8.70. The standard InChI is InChI=1S/C5H8ClO5/c6-5(10)3(8)1-11-4(5,9)2-7/h1,3,7-10H,2H2/t3-,4+,5-/m0/s1. The molecule has 0 bridgehead atoms. The predicted molar refractivity (Wildman–Crippen MR) is 34.2 cm³/mol. The molecular weight excluding hydrogens is 176 g/mol. The Kier molecular flexibility index (Phi) is 2.13. The van der Waals surface area contributed by atoms with E-state index in [9.17, 15) is 0 Å². The van der Waals surface area contributed by atoms with E-state index in [0.29, 0.717) is 0 Å². The highest BCUT2D eigenvalue weighted by atomic mass is 35.5. The Balaban J connectivity index is 2.86. The fourth-order valence-corrected chi connectivity index (χ4v) is 0.885. The van der Waals surface area contributed by atoms with Crippen molar-refractivity contribution >= 4 is 11.6 Å². The maximum absolute atomic E-state index is 9.15. The second-order valence-corrected chi connectivity index (χ2v) is 2.89. The van der Waals surface area contributed by atoms with Crippen LogP contribution in [0.15, 0.2) is 0 Å². The fourth-order valence-electron chi connectivity index (χ4n) is 0.729. The average Bonchev–Trinajstić information content (AvgIpc) is 2.15. The van der Waals surface area contributed by atoms with Crippen molar-refractivity contribution in [2.45, 2.75) is 17.0 Å². The molecule has 0 aromatic heterocycles. The summed E-state index contributed by atoms with van der Waals surface area (Å²) in [6.07, 6.45) is -1.53. The van der Waals surface area contributed by atoms with Crippen LogP contribution in [0.2, 0.25) is 0 Å². The lowest BCUT2D eigenvalue weighted by molar-refractivity contribution is -0.243. The molecule has 0 saturated carbocycles. The van der Waals surface area contributed by atoms with Gasteiger partial charge in [0.25, 0.3) is 0 Å². The van der Waals surface area contributed by atoms with Crippen molar-refractivity contribution in [3.8, 4) is 0 Å². The molecule has 0 aromatic rings. The quantitative estimate of drug-likeness (QED) is 0.358. The Hall–Kier alpha value is 0.0900. The SMILES string of the molecule is OC[C@@]1(O)O[CH][C@H](O)[C@@]1(O)Cl. The Morgan fingerprint density at radius 3 is 2.27 bits per heavy atom. The largest absolute Gasteiger partial charge is 0.391 e. The minimum atomic E-state index is -2.39. The number of aliphatic hydroxyl groups excluding tert-OH is 2. The van der Waals surface area contributed by atoms with Crippen molar-refractivity contribution in [1.29, 1.82) is 0 Å². The van der Waals surface area contributed by atoms with Gasteiger partial charge in [0.2, 0.25) is 10.8 Å². The van der Waals surface area contributed by atoms with Gasteiger partial charge in [0.1, 0.15) is 19.3 Å². The van der Waals surface area contributed by atoms with Gasteiger partial charge in [-0.25, -0.2) is 0 Å². The van der Waals surface area contributed by atoms with Gasteiger partial charge in [0.05, 0.1) is 0 Å². The third kappa shape index (κ3) is 1.14. The van der Waals surface area contributed by atoms with E-state index in [1.807, 2.05) is 0 Å². The minimum absolute atomic E-state index is 0.753. The number of hydrogen-bond donors (Lipinski definition) is 4. The average molecular weight is 184 g/mol. The van der Waals surface area contributed by atoms with Crippen LogP contribution in [0.4, 0.5) is 0 Å². The third-order valence-electron chi connectivity index (χ3n) is 1.55. The van der Waals surface area contributed by atoms with Gasteiger partial charge >= 0.3 is 0 Å². The van der Waals surface area contributed by atoms with Crippen LogP contribution in [0.5, 0.6) is 0 Å². The molecule has 11 heavy (non-hydrogen) atoms. The summed E-state index contributed by atoms with van der Waals surface area (Å²) in [7, 11) is 0. The summed E-state index contributed by atoms with van der Waals surface area (Å²) in [4.78, 5) is 0. The molecular formula is C5H8ClO5. The Morgan fingerprint density at radius 1 is 1.55 bits per heavy atom. The van der Waals surface area contributed by atoms with Crippen molar-refractivity contribution in [3.63, 3.8) is 0 Å². The highest BCUT2D eigenvalue weighted by Gasteiger charge is 2.60. The van der Waals surface area contributed by atoms with Gasteiger partial charge in [0, 0.05) is 0 Å². The monoisotopic (exact) mass is 183 g/mol.